The van der Waals surface area contributed by atoms with E-state index < -0.39 is 0 Å². The summed E-state index contributed by atoms with van der Waals surface area (Å²) in [6, 6.07) is 32.7. The van der Waals surface area contributed by atoms with E-state index in [2.05, 4.69) is 36.4 Å². The molecule has 0 atom stereocenters. The summed E-state index contributed by atoms with van der Waals surface area (Å²) in [5.41, 5.74) is 4.87. The van der Waals surface area contributed by atoms with Crippen LogP contribution < -0.4 is 34.3 Å². The summed E-state index contributed by atoms with van der Waals surface area (Å²) in [5.74, 6) is 1.80. The summed E-state index contributed by atoms with van der Waals surface area (Å²) in [4.78, 5) is 0. The van der Waals surface area contributed by atoms with Gasteiger partial charge in [0.05, 0.1) is 25.7 Å². The van der Waals surface area contributed by atoms with Crippen LogP contribution in [0.3, 0.4) is 0 Å². The van der Waals surface area contributed by atoms with Gasteiger partial charge in [-0.3, -0.25) is 0 Å². The van der Waals surface area contributed by atoms with E-state index in [0.717, 1.165) is 11.5 Å². The molecule has 29 heavy (non-hydrogen) atoms. The van der Waals surface area contributed by atoms with Gasteiger partial charge in [0.1, 0.15) is 0 Å². The van der Waals surface area contributed by atoms with E-state index in [-0.39, 0.29) is 51.0 Å². The molecule has 0 aliphatic rings. The number of hydrogen-bond donors (Lipinski definition) is 0. The Morgan fingerprint density at radius 2 is 0.897 bits per heavy atom. The number of halogens is 2. The van der Waals surface area contributed by atoms with E-state index in [4.69, 9.17) is 9.47 Å². The van der Waals surface area contributed by atoms with Gasteiger partial charge in [-0.25, -0.2) is 0 Å². The van der Waals surface area contributed by atoms with Crippen molar-refractivity contribution in [3.05, 3.63) is 97.1 Å². The Labute approximate surface area is 204 Å². The third-order valence-corrected chi connectivity index (χ3v) is 4.13. The average molecular weight is 505 g/mol. The molecule has 4 rings (SSSR count). The first kappa shape index (κ1) is 27.2. The molecule has 5 heteroatoms. The quantitative estimate of drug-likeness (QED) is 0.369. The van der Waals surface area contributed by atoms with Gasteiger partial charge in [-0.2, -0.15) is 24.3 Å². The standard InChI is InChI=1S/2C12H11O.2ClH.Zr/c2*1-13-12-8-4-7-11(9-12)10-5-2-3-6-10;;;/h2*2-9H,1H3;2*1H;/q2*-1;;;+4/p-2. The maximum Gasteiger partial charge on any atom is 4.00 e. The molecule has 0 bridgehead atoms. The second kappa shape index (κ2) is 14.2. The summed E-state index contributed by atoms with van der Waals surface area (Å²) < 4.78 is 10.3. The predicted molar refractivity (Wildman–Crippen MR) is 108 cm³/mol. The smallest absolute Gasteiger partial charge is 1.00 e. The molecule has 0 aliphatic carbocycles. The summed E-state index contributed by atoms with van der Waals surface area (Å²) >= 11 is 0. The maximum atomic E-state index is 5.15. The molecule has 0 unspecified atom stereocenters. The number of ether oxygens (including phenoxy) is 2. The Bertz CT molecular complexity index is 842. The van der Waals surface area contributed by atoms with Crippen molar-refractivity contribution in [3.8, 4) is 33.8 Å². The normalized spacial score (nSPS) is 8.90. The van der Waals surface area contributed by atoms with Gasteiger partial charge in [-0.05, 0) is 12.1 Å². The van der Waals surface area contributed by atoms with Gasteiger partial charge in [0.2, 0.25) is 0 Å². The average Bonchev–Trinajstić information content (AvgIpc) is 3.42. The van der Waals surface area contributed by atoms with E-state index in [1.165, 1.54) is 22.3 Å². The van der Waals surface area contributed by atoms with Gasteiger partial charge in [0.25, 0.3) is 0 Å². The van der Waals surface area contributed by atoms with Crippen molar-refractivity contribution in [2.45, 2.75) is 0 Å². The van der Waals surface area contributed by atoms with Gasteiger partial charge in [0.15, 0.2) is 0 Å². The SMILES string of the molecule is COc1cccc(-[c-]2cccc2)c1.COc1cccc(-[c-]2cccc2)c1.[Cl-].[Cl-].[Zr+4]. The van der Waals surface area contributed by atoms with Crippen LogP contribution in [-0.4, -0.2) is 14.2 Å². The molecule has 0 heterocycles. The van der Waals surface area contributed by atoms with Crippen LogP contribution >= 0.6 is 0 Å². The van der Waals surface area contributed by atoms with Crippen LogP contribution in [-0.2, 0) is 26.2 Å². The minimum atomic E-state index is 0. The van der Waals surface area contributed by atoms with Crippen molar-refractivity contribution in [2.75, 3.05) is 14.2 Å². The third kappa shape index (κ3) is 7.86. The second-order valence-electron chi connectivity index (χ2n) is 5.81. The molecule has 0 saturated heterocycles. The van der Waals surface area contributed by atoms with Gasteiger partial charge in [0, 0.05) is 0 Å². The molecule has 4 aromatic carbocycles. The Kier molecular flexibility index (Phi) is 13.3. The molecular weight excluding hydrogens is 482 g/mol. The van der Waals surface area contributed by atoms with Crippen LogP contribution in [0.1, 0.15) is 0 Å². The first-order valence-electron chi connectivity index (χ1n) is 8.52. The zero-order chi connectivity index (χ0) is 18.2. The van der Waals surface area contributed by atoms with E-state index in [0.29, 0.717) is 0 Å². The third-order valence-electron chi connectivity index (χ3n) is 4.13. The molecule has 0 radical (unpaired) electrons. The molecule has 0 N–H and O–H groups in total. The molecule has 0 fully saturated rings. The second-order valence-corrected chi connectivity index (χ2v) is 5.81. The monoisotopic (exact) mass is 502 g/mol. The van der Waals surface area contributed by atoms with Crippen LogP contribution in [0.15, 0.2) is 97.1 Å². The largest absolute Gasteiger partial charge is 4.00 e. The molecule has 2 nitrogen and oxygen atoms in total. The molecule has 0 amide bonds. The molecule has 4 aromatic rings. The topological polar surface area (TPSA) is 18.5 Å². The van der Waals surface area contributed by atoms with E-state index >= 15 is 0 Å². The van der Waals surface area contributed by atoms with Crippen molar-refractivity contribution < 1.29 is 60.5 Å². The van der Waals surface area contributed by atoms with E-state index in [1.807, 2.05) is 60.7 Å². The first-order chi connectivity index (χ1) is 12.8. The van der Waals surface area contributed by atoms with Gasteiger partial charge in [-0.15, -0.1) is 47.5 Å². The maximum absolute atomic E-state index is 5.15. The van der Waals surface area contributed by atoms with Crippen molar-refractivity contribution in [2.24, 2.45) is 0 Å². The number of hydrogen-bond acceptors (Lipinski definition) is 2. The van der Waals surface area contributed by atoms with Crippen molar-refractivity contribution in [3.63, 3.8) is 0 Å². The molecule has 0 spiro atoms. The Morgan fingerprint density at radius 1 is 0.552 bits per heavy atom. The first-order valence-corrected chi connectivity index (χ1v) is 8.52. The van der Waals surface area contributed by atoms with Crippen LogP contribution in [0, 0.1) is 0 Å². The molecule has 0 aliphatic heterocycles. The van der Waals surface area contributed by atoms with Gasteiger partial charge in [-0.1, -0.05) is 35.4 Å². The van der Waals surface area contributed by atoms with Crippen molar-refractivity contribution in [1.29, 1.82) is 0 Å². The van der Waals surface area contributed by atoms with Crippen LogP contribution in [0.2, 0.25) is 0 Å². The predicted octanol–water partition coefficient (Wildman–Crippen LogP) is 0.168. The van der Waals surface area contributed by atoms with Gasteiger partial charge >= 0.3 is 26.2 Å². The fraction of sp³-hybridized carbons (Fsp3) is 0.0833. The molecule has 0 aromatic heterocycles. The molecule has 148 valence electrons. The molecule has 0 saturated carbocycles. The van der Waals surface area contributed by atoms with Crippen molar-refractivity contribution in [1.82, 2.24) is 0 Å². The summed E-state index contributed by atoms with van der Waals surface area (Å²) in [5, 5.41) is 0. The fourth-order valence-electron chi connectivity index (χ4n) is 2.74. The summed E-state index contributed by atoms with van der Waals surface area (Å²) in [6.07, 6.45) is 0. The Balaban J connectivity index is 0.000000490. The minimum Gasteiger partial charge on any atom is -1.00 e. The summed E-state index contributed by atoms with van der Waals surface area (Å²) in [7, 11) is 3.37. The van der Waals surface area contributed by atoms with Gasteiger partial charge < -0.3 is 34.3 Å². The summed E-state index contributed by atoms with van der Waals surface area (Å²) in [6.45, 7) is 0. The Morgan fingerprint density at radius 3 is 1.21 bits per heavy atom. The molecular formula is C24H22Cl2O2Zr. The number of benzene rings is 2. The fourth-order valence-corrected chi connectivity index (χ4v) is 2.74. The van der Waals surface area contributed by atoms with E-state index in [9.17, 15) is 0 Å². The Hall–Kier alpha value is -1.80. The van der Waals surface area contributed by atoms with Crippen LogP contribution in [0.5, 0.6) is 11.5 Å². The number of methoxy groups -OCH3 is 2. The number of rotatable bonds is 4. The minimum absolute atomic E-state index is 0. The zero-order valence-electron chi connectivity index (χ0n) is 16.3. The zero-order valence-corrected chi connectivity index (χ0v) is 20.3. The van der Waals surface area contributed by atoms with Crippen LogP contribution in [0.25, 0.3) is 22.3 Å². The van der Waals surface area contributed by atoms with Crippen molar-refractivity contribution >= 4 is 0 Å². The van der Waals surface area contributed by atoms with Crippen LogP contribution in [0.4, 0.5) is 0 Å². The van der Waals surface area contributed by atoms with E-state index in [1.54, 1.807) is 14.2 Å².